The summed E-state index contributed by atoms with van der Waals surface area (Å²) in [6, 6.07) is 4.79. The zero-order valence-electron chi connectivity index (χ0n) is 11.6. The predicted molar refractivity (Wildman–Crippen MR) is 83.6 cm³/mol. The molecular formula is C13H16Cl2N2O3S. The topological polar surface area (TPSA) is 57.7 Å². The maximum atomic E-state index is 12.2. The van der Waals surface area contributed by atoms with Crippen LogP contribution in [0.3, 0.4) is 0 Å². The molecule has 1 aliphatic rings. The summed E-state index contributed by atoms with van der Waals surface area (Å²) in [7, 11) is -3.15. The molecule has 0 amide bonds. The van der Waals surface area contributed by atoms with Gasteiger partial charge in [-0.1, -0.05) is 23.2 Å². The van der Waals surface area contributed by atoms with Crippen LogP contribution in [0, 0.1) is 0 Å². The number of benzene rings is 1. The van der Waals surface area contributed by atoms with Gasteiger partial charge in [-0.2, -0.15) is 4.31 Å². The first-order valence-electron chi connectivity index (χ1n) is 6.43. The van der Waals surface area contributed by atoms with Crippen molar-refractivity contribution in [3.63, 3.8) is 0 Å². The van der Waals surface area contributed by atoms with E-state index >= 15 is 0 Å². The zero-order chi connectivity index (χ0) is 15.6. The maximum absolute atomic E-state index is 12.2. The fourth-order valence-electron chi connectivity index (χ4n) is 2.18. The van der Waals surface area contributed by atoms with Crippen molar-refractivity contribution in [3.05, 3.63) is 33.8 Å². The molecule has 5 nitrogen and oxygen atoms in total. The summed E-state index contributed by atoms with van der Waals surface area (Å²) in [5, 5.41) is 0.763. The number of carbonyl (C=O) groups is 1. The van der Waals surface area contributed by atoms with E-state index in [1.807, 2.05) is 4.90 Å². The van der Waals surface area contributed by atoms with Gasteiger partial charge in [0.1, 0.15) is 0 Å². The number of carbonyl (C=O) groups excluding carboxylic acids is 1. The number of Topliss-reactive ketones (excluding diaryl/α,β-unsaturated/α-hetero) is 1. The number of nitrogens with zero attached hydrogens (tertiary/aromatic N) is 2. The Morgan fingerprint density at radius 1 is 1.14 bits per heavy atom. The molecule has 0 aromatic heterocycles. The third-order valence-electron chi connectivity index (χ3n) is 3.41. The fraction of sp³-hybridized carbons (Fsp3) is 0.462. The van der Waals surface area contributed by atoms with Crippen molar-refractivity contribution in [1.82, 2.24) is 9.21 Å². The molecule has 1 aromatic carbocycles. The van der Waals surface area contributed by atoms with E-state index in [1.165, 1.54) is 10.6 Å². The van der Waals surface area contributed by atoms with E-state index < -0.39 is 10.0 Å². The first-order chi connectivity index (χ1) is 9.77. The van der Waals surface area contributed by atoms with Gasteiger partial charge in [0.2, 0.25) is 10.0 Å². The Hall–Kier alpha value is -0.660. The van der Waals surface area contributed by atoms with E-state index in [4.69, 9.17) is 23.2 Å². The molecule has 1 fully saturated rings. The number of hydrogen-bond donors (Lipinski definition) is 0. The second-order valence-corrected chi connectivity index (χ2v) is 7.79. The SMILES string of the molecule is CS(=O)(=O)N1CCN(CC(=O)c2ccc(Cl)c(Cl)c2)CC1. The van der Waals surface area contributed by atoms with Gasteiger partial charge in [0, 0.05) is 31.7 Å². The number of hydrogen-bond acceptors (Lipinski definition) is 4. The molecule has 0 unspecified atom stereocenters. The summed E-state index contributed by atoms with van der Waals surface area (Å²) >= 11 is 11.7. The lowest BCUT2D eigenvalue weighted by atomic mass is 10.1. The Morgan fingerprint density at radius 2 is 1.76 bits per heavy atom. The first-order valence-corrected chi connectivity index (χ1v) is 9.03. The van der Waals surface area contributed by atoms with E-state index in [1.54, 1.807) is 18.2 Å². The molecule has 0 saturated carbocycles. The quantitative estimate of drug-likeness (QED) is 0.776. The van der Waals surface area contributed by atoms with Gasteiger partial charge in [0.15, 0.2) is 5.78 Å². The van der Waals surface area contributed by atoms with Crippen molar-refractivity contribution in [2.75, 3.05) is 39.0 Å². The van der Waals surface area contributed by atoms with Crippen LogP contribution in [0.2, 0.25) is 10.0 Å². The van der Waals surface area contributed by atoms with Crippen molar-refractivity contribution in [1.29, 1.82) is 0 Å². The highest BCUT2D eigenvalue weighted by Crippen LogP contribution is 2.23. The molecule has 1 aromatic rings. The lowest BCUT2D eigenvalue weighted by molar-refractivity contribution is 0.0902. The van der Waals surface area contributed by atoms with Gasteiger partial charge < -0.3 is 0 Å². The monoisotopic (exact) mass is 350 g/mol. The summed E-state index contributed by atoms with van der Waals surface area (Å²) in [6.07, 6.45) is 1.20. The van der Waals surface area contributed by atoms with Crippen molar-refractivity contribution in [2.24, 2.45) is 0 Å². The van der Waals surface area contributed by atoms with E-state index in [0.29, 0.717) is 41.8 Å². The minimum absolute atomic E-state index is 0.0543. The highest BCUT2D eigenvalue weighted by atomic mass is 35.5. The summed E-state index contributed by atoms with van der Waals surface area (Å²) in [4.78, 5) is 14.1. The number of piperazine rings is 1. The van der Waals surface area contributed by atoms with Crippen molar-refractivity contribution < 1.29 is 13.2 Å². The normalized spacial score (nSPS) is 17.9. The Kier molecular flexibility index (Phi) is 5.27. The molecule has 0 bridgehead atoms. The lowest BCUT2D eigenvalue weighted by Gasteiger charge is -2.32. The molecule has 0 N–H and O–H groups in total. The van der Waals surface area contributed by atoms with Gasteiger partial charge in [0.25, 0.3) is 0 Å². The van der Waals surface area contributed by atoms with Crippen LogP contribution < -0.4 is 0 Å². The average Bonchev–Trinajstić information content (AvgIpc) is 2.41. The fourth-order valence-corrected chi connectivity index (χ4v) is 3.31. The Labute approximate surface area is 134 Å². The van der Waals surface area contributed by atoms with Crippen LogP contribution in [-0.2, 0) is 10.0 Å². The van der Waals surface area contributed by atoms with Gasteiger partial charge in [-0.15, -0.1) is 0 Å². The number of rotatable bonds is 4. The van der Waals surface area contributed by atoms with Crippen LogP contribution in [0.5, 0.6) is 0 Å². The molecule has 1 aliphatic heterocycles. The summed E-state index contributed by atoms with van der Waals surface area (Å²) in [5.74, 6) is -0.0543. The second kappa shape index (κ2) is 6.62. The molecule has 0 atom stereocenters. The number of halogens is 2. The molecule has 21 heavy (non-hydrogen) atoms. The molecule has 0 spiro atoms. The molecule has 1 saturated heterocycles. The minimum atomic E-state index is -3.15. The van der Waals surface area contributed by atoms with Crippen molar-refractivity contribution in [2.45, 2.75) is 0 Å². The highest BCUT2D eigenvalue weighted by Gasteiger charge is 2.24. The predicted octanol–water partition coefficient (Wildman–Crippen LogP) is 1.75. The van der Waals surface area contributed by atoms with Crippen molar-refractivity contribution >= 4 is 39.0 Å². The van der Waals surface area contributed by atoms with Crippen LogP contribution in [0.1, 0.15) is 10.4 Å². The van der Waals surface area contributed by atoms with Gasteiger partial charge in [-0.25, -0.2) is 8.42 Å². The largest absolute Gasteiger partial charge is 0.293 e. The highest BCUT2D eigenvalue weighted by molar-refractivity contribution is 7.88. The van der Waals surface area contributed by atoms with E-state index in [9.17, 15) is 13.2 Å². The number of sulfonamides is 1. The van der Waals surface area contributed by atoms with E-state index in [2.05, 4.69) is 0 Å². The van der Waals surface area contributed by atoms with Gasteiger partial charge in [-0.3, -0.25) is 9.69 Å². The first kappa shape index (κ1) is 16.7. The summed E-state index contributed by atoms with van der Waals surface area (Å²) < 4.78 is 24.3. The van der Waals surface area contributed by atoms with Gasteiger partial charge >= 0.3 is 0 Å². The standard InChI is InChI=1S/C13H16Cl2N2O3S/c1-21(19,20)17-6-4-16(5-7-17)9-13(18)10-2-3-11(14)12(15)8-10/h2-3,8H,4-7,9H2,1H3. The Morgan fingerprint density at radius 3 is 2.29 bits per heavy atom. The third kappa shape index (κ3) is 4.40. The third-order valence-corrected chi connectivity index (χ3v) is 5.45. The van der Waals surface area contributed by atoms with Crippen LogP contribution in [0.15, 0.2) is 18.2 Å². The van der Waals surface area contributed by atoms with Gasteiger partial charge in [0.05, 0.1) is 22.8 Å². The summed E-state index contributed by atoms with van der Waals surface area (Å²) in [6.45, 7) is 2.15. The molecule has 1 heterocycles. The number of ketones is 1. The Bertz CT molecular complexity index is 641. The van der Waals surface area contributed by atoms with E-state index in [-0.39, 0.29) is 12.3 Å². The minimum Gasteiger partial charge on any atom is -0.293 e. The summed E-state index contributed by atoms with van der Waals surface area (Å²) in [5.41, 5.74) is 0.509. The van der Waals surface area contributed by atoms with Crippen LogP contribution >= 0.6 is 23.2 Å². The molecule has 0 aliphatic carbocycles. The zero-order valence-corrected chi connectivity index (χ0v) is 13.9. The van der Waals surface area contributed by atoms with Crippen LogP contribution in [0.25, 0.3) is 0 Å². The average molecular weight is 351 g/mol. The molecule has 2 rings (SSSR count). The molecule has 8 heteroatoms. The lowest BCUT2D eigenvalue weighted by Crippen LogP contribution is -2.49. The smallest absolute Gasteiger partial charge is 0.211 e. The molecular weight excluding hydrogens is 335 g/mol. The second-order valence-electron chi connectivity index (χ2n) is 4.99. The Balaban J connectivity index is 1.94. The van der Waals surface area contributed by atoms with Crippen LogP contribution in [-0.4, -0.2) is 62.4 Å². The van der Waals surface area contributed by atoms with Crippen LogP contribution in [0.4, 0.5) is 0 Å². The maximum Gasteiger partial charge on any atom is 0.211 e. The van der Waals surface area contributed by atoms with Gasteiger partial charge in [-0.05, 0) is 18.2 Å². The van der Waals surface area contributed by atoms with E-state index in [0.717, 1.165) is 0 Å². The van der Waals surface area contributed by atoms with Crippen molar-refractivity contribution in [3.8, 4) is 0 Å². The molecule has 0 radical (unpaired) electrons. The molecule has 116 valence electrons.